The van der Waals surface area contributed by atoms with Crippen molar-refractivity contribution in [2.24, 2.45) is 13.0 Å². The first-order valence-electron chi connectivity index (χ1n) is 10.0. The minimum absolute atomic E-state index is 0.270. The Balaban J connectivity index is 1.53. The van der Waals surface area contributed by atoms with Crippen LogP contribution in [-0.4, -0.2) is 38.9 Å². The number of aryl methyl sites for hydroxylation is 2. The van der Waals surface area contributed by atoms with Gasteiger partial charge in [0.05, 0.1) is 6.20 Å². The van der Waals surface area contributed by atoms with E-state index in [0.717, 1.165) is 62.3 Å². The van der Waals surface area contributed by atoms with Gasteiger partial charge in [0.2, 0.25) is 0 Å². The van der Waals surface area contributed by atoms with Crippen molar-refractivity contribution in [2.45, 2.75) is 57.4 Å². The fourth-order valence-electron chi connectivity index (χ4n) is 4.97. The van der Waals surface area contributed by atoms with Crippen LogP contribution in [0.3, 0.4) is 0 Å². The maximum Gasteiger partial charge on any atom is 0.255 e. The molecule has 0 radical (unpaired) electrons. The van der Waals surface area contributed by atoms with E-state index in [4.69, 9.17) is 0 Å². The molecule has 5 rings (SSSR count). The number of hydrogen-bond acceptors (Lipinski definition) is 3. The van der Waals surface area contributed by atoms with Gasteiger partial charge in [-0.1, -0.05) is 0 Å². The number of hydrogen-bond donors (Lipinski definition) is 0. The third-order valence-electron chi connectivity index (χ3n) is 6.54. The molecule has 1 aliphatic heterocycles. The van der Waals surface area contributed by atoms with E-state index < -0.39 is 0 Å². The Morgan fingerprint density at radius 2 is 1.80 bits per heavy atom. The molecule has 2 aliphatic carbocycles. The monoisotopic (exact) mass is 340 g/mol. The third-order valence-corrected chi connectivity index (χ3v) is 6.54. The summed E-state index contributed by atoms with van der Waals surface area (Å²) in [6.45, 7) is 3.53. The standard InChI is InChI=1S/C20H28N4O/c1-22-19-18(12-21-22)16-4-2-3-5-17(16)20(25)24(19)15-8-10-23(11-9-15)13-14-6-7-14/h12,14-15H,2-11,13H2,1H3. The van der Waals surface area contributed by atoms with Crippen LogP contribution in [0.15, 0.2) is 11.0 Å². The molecule has 3 heterocycles. The summed E-state index contributed by atoms with van der Waals surface area (Å²) in [4.78, 5) is 16.0. The lowest BCUT2D eigenvalue weighted by Gasteiger charge is -2.34. The lowest BCUT2D eigenvalue weighted by Crippen LogP contribution is -2.40. The average Bonchev–Trinajstić information content (AvgIpc) is 3.38. The number of rotatable bonds is 3. The molecule has 2 fully saturated rings. The summed E-state index contributed by atoms with van der Waals surface area (Å²) in [5.41, 5.74) is 3.67. The lowest BCUT2D eigenvalue weighted by atomic mass is 9.90. The highest BCUT2D eigenvalue weighted by Gasteiger charge is 2.30. The van der Waals surface area contributed by atoms with Crippen LogP contribution >= 0.6 is 0 Å². The fraction of sp³-hybridized carbons (Fsp3) is 0.700. The first kappa shape index (κ1) is 15.6. The molecule has 5 heteroatoms. The first-order chi connectivity index (χ1) is 12.2. The van der Waals surface area contributed by atoms with Crippen LogP contribution in [0.4, 0.5) is 0 Å². The quantitative estimate of drug-likeness (QED) is 0.863. The van der Waals surface area contributed by atoms with Crippen LogP contribution < -0.4 is 5.56 Å². The Morgan fingerprint density at radius 1 is 1.08 bits per heavy atom. The van der Waals surface area contributed by atoms with Crippen molar-refractivity contribution >= 4 is 11.0 Å². The number of fused-ring (bicyclic) bond motifs is 3. The topological polar surface area (TPSA) is 43.1 Å². The van der Waals surface area contributed by atoms with Gasteiger partial charge in [0.25, 0.3) is 5.56 Å². The highest BCUT2D eigenvalue weighted by molar-refractivity contribution is 5.80. The smallest absolute Gasteiger partial charge is 0.255 e. The Morgan fingerprint density at radius 3 is 2.52 bits per heavy atom. The summed E-state index contributed by atoms with van der Waals surface area (Å²) in [6.07, 6.45) is 11.3. The van der Waals surface area contributed by atoms with Crippen molar-refractivity contribution in [3.8, 4) is 0 Å². The van der Waals surface area contributed by atoms with Crippen LogP contribution in [0.1, 0.15) is 55.7 Å². The Kier molecular flexibility index (Phi) is 3.73. The molecular formula is C20H28N4O. The predicted molar refractivity (Wildman–Crippen MR) is 99.1 cm³/mol. The summed E-state index contributed by atoms with van der Waals surface area (Å²) >= 11 is 0. The first-order valence-corrected chi connectivity index (χ1v) is 10.0. The number of piperidine rings is 1. The SMILES string of the molecule is Cn1ncc2c3c(c(=O)n(C4CCN(CC5CC5)CC4)c21)CCCC3. The molecule has 3 aliphatic rings. The van der Waals surface area contributed by atoms with Gasteiger partial charge in [-0.3, -0.25) is 14.0 Å². The van der Waals surface area contributed by atoms with Gasteiger partial charge in [0, 0.05) is 43.7 Å². The van der Waals surface area contributed by atoms with Gasteiger partial charge < -0.3 is 4.90 Å². The Labute approximate surface area is 148 Å². The molecule has 25 heavy (non-hydrogen) atoms. The molecular weight excluding hydrogens is 312 g/mol. The van der Waals surface area contributed by atoms with E-state index in [1.54, 1.807) is 0 Å². The van der Waals surface area contributed by atoms with E-state index in [1.807, 2.05) is 17.9 Å². The van der Waals surface area contributed by atoms with E-state index >= 15 is 0 Å². The van der Waals surface area contributed by atoms with Crippen LogP contribution in [0.2, 0.25) is 0 Å². The van der Waals surface area contributed by atoms with Crippen molar-refractivity contribution in [3.05, 3.63) is 27.7 Å². The Bertz CT molecular complexity index is 853. The minimum Gasteiger partial charge on any atom is -0.303 e. The van der Waals surface area contributed by atoms with Gasteiger partial charge in [-0.2, -0.15) is 5.10 Å². The van der Waals surface area contributed by atoms with E-state index in [2.05, 4.69) is 14.6 Å². The van der Waals surface area contributed by atoms with Crippen LogP contribution in [0.25, 0.3) is 11.0 Å². The van der Waals surface area contributed by atoms with E-state index in [9.17, 15) is 4.79 Å². The van der Waals surface area contributed by atoms with Gasteiger partial charge in [-0.05, 0) is 62.8 Å². The summed E-state index contributed by atoms with van der Waals surface area (Å²) in [6, 6.07) is 0.327. The van der Waals surface area contributed by atoms with Crippen molar-refractivity contribution in [1.29, 1.82) is 0 Å². The maximum absolute atomic E-state index is 13.4. The molecule has 2 aromatic rings. The lowest BCUT2D eigenvalue weighted by molar-refractivity contribution is 0.180. The van der Waals surface area contributed by atoms with Crippen LogP contribution in [0.5, 0.6) is 0 Å². The molecule has 0 amide bonds. The van der Waals surface area contributed by atoms with Crippen molar-refractivity contribution in [1.82, 2.24) is 19.2 Å². The molecule has 0 N–H and O–H groups in total. The summed E-state index contributed by atoms with van der Waals surface area (Å²) < 4.78 is 4.03. The van der Waals surface area contributed by atoms with Gasteiger partial charge >= 0.3 is 0 Å². The zero-order valence-corrected chi connectivity index (χ0v) is 15.2. The molecule has 5 nitrogen and oxygen atoms in total. The summed E-state index contributed by atoms with van der Waals surface area (Å²) in [5, 5.41) is 5.73. The van der Waals surface area contributed by atoms with Crippen LogP contribution in [0, 0.1) is 5.92 Å². The second kappa shape index (κ2) is 5.97. The molecule has 1 saturated heterocycles. The molecule has 2 aromatic heterocycles. The van der Waals surface area contributed by atoms with Gasteiger partial charge in [-0.15, -0.1) is 0 Å². The highest BCUT2D eigenvalue weighted by Crippen LogP contribution is 2.33. The van der Waals surface area contributed by atoms with Crippen LogP contribution in [-0.2, 0) is 19.9 Å². The number of pyridine rings is 1. The molecule has 1 saturated carbocycles. The molecule has 0 bridgehead atoms. The highest BCUT2D eigenvalue weighted by atomic mass is 16.1. The normalized spacial score (nSPS) is 22.4. The van der Waals surface area contributed by atoms with E-state index in [1.165, 1.54) is 36.8 Å². The molecule has 0 spiro atoms. The fourth-order valence-corrected chi connectivity index (χ4v) is 4.97. The average molecular weight is 340 g/mol. The summed E-state index contributed by atoms with van der Waals surface area (Å²) in [7, 11) is 1.98. The number of aromatic nitrogens is 3. The summed E-state index contributed by atoms with van der Waals surface area (Å²) in [5.74, 6) is 0.951. The van der Waals surface area contributed by atoms with Gasteiger partial charge in [0.15, 0.2) is 0 Å². The van der Waals surface area contributed by atoms with Gasteiger partial charge in [-0.25, -0.2) is 0 Å². The maximum atomic E-state index is 13.4. The van der Waals surface area contributed by atoms with Gasteiger partial charge in [0.1, 0.15) is 5.65 Å². The molecule has 0 unspecified atom stereocenters. The zero-order chi connectivity index (χ0) is 17.0. The van der Waals surface area contributed by atoms with Crippen molar-refractivity contribution < 1.29 is 0 Å². The minimum atomic E-state index is 0.270. The predicted octanol–water partition coefficient (Wildman–Crippen LogP) is 2.66. The van der Waals surface area contributed by atoms with E-state index in [0.29, 0.717) is 6.04 Å². The molecule has 134 valence electrons. The number of nitrogens with zero attached hydrogens (tertiary/aromatic N) is 4. The largest absolute Gasteiger partial charge is 0.303 e. The van der Waals surface area contributed by atoms with Crippen molar-refractivity contribution in [3.63, 3.8) is 0 Å². The zero-order valence-electron chi connectivity index (χ0n) is 15.2. The van der Waals surface area contributed by atoms with E-state index in [-0.39, 0.29) is 5.56 Å². The number of likely N-dealkylation sites (tertiary alicyclic amines) is 1. The second-order valence-corrected chi connectivity index (χ2v) is 8.32. The Hall–Kier alpha value is -1.62. The molecule has 0 atom stereocenters. The van der Waals surface area contributed by atoms with Crippen molar-refractivity contribution in [2.75, 3.05) is 19.6 Å². The second-order valence-electron chi connectivity index (χ2n) is 8.32. The molecule has 0 aromatic carbocycles. The third kappa shape index (κ3) is 2.64.